The molecule has 6 heteroatoms. The highest BCUT2D eigenvalue weighted by Crippen LogP contribution is 2.28. The van der Waals surface area contributed by atoms with Crippen LogP contribution < -0.4 is 11.1 Å². The van der Waals surface area contributed by atoms with Crippen LogP contribution in [-0.4, -0.2) is 20.4 Å². The number of nitrogens with one attached hydrogen (secondary N) is 1. The van der Waals surface area contributed by atoms with Gasteiger partial charge in [-0.3, -0.25) is 9.20 Å². The first-order valence-electron chi connectivity index (χ1n) is 6.84. The van der Waals surface area contributed by atoms with E-state index in [9.17, 15) is 9.90 Å². The zero-order chi connectivity index (χ0) is 15.7. The van der Waals surface area contributed by atoms with Gasteiger partial charge in [-0.15, -0.1) is 0 Å². The fraction of sp³-hybridized carbons (Fsp3) is 0.125. The number of hydrogen-bond acceptors (Lipinski definition) is 4. The van der Waals surface area contributed by atoms with Crippen LogP contribution in [0.2, 0.25) is 0 Å². The summed E-state index contributed by atoms with van der Waals surface area (Å²) in [6, 6.07) is 10.9. The van der Waals surface area contributed by atoms with Crippen LogP contribution in [0, 0.1) is 0 Å². The number of hydrogen-bond donors (Lipinski definition) is 3. The van der Waals surface area contributed by atoms with Gasteiger partial charge in [0.1, 0.15) is 17.2 Å². The maximum atomic E-state index is 11.2. The van der Waals surface area contributed by atoms with E-state index < -0.39 is 0 Å². The van der Waals surface area contributed by atoms with Crippen LogP contribution in [0.15, 0.2) is 42.6 Å². The Balaban J connectivity index is 2.09. The van der Waals surface area contributed by atoms with E-state index in [1.54, 1.807) is 28.8 Å². The van der Waals surface area contributed by atoms with E-state index in [-0.39, 0.29) is 12.5 Å². The lowest BCUT2D eigenvalue weighted by molar-refractivity contribution is -0.114. The number of imidazole rings is 1. The molecule has 0 fully saturated rings. The largest absolute Gasteiger partial charge is 0.392 e. The number of aliphatic hydroxyl groups is 1. The molecule has 4 N–H and O–H groups in total. The summed E-state index contributed by atoms with van der Waals surface area (Å²) >= 11 is 0. The minimum absolute atomic E-state index is 0.0450. The summed E-state index contributed by atoms with van der Waals surface area (Å²) in [5.74, 6) is 0.382. The Morgan fingerprint density at radius 2 is 2.18 bits per heavy atom. The van der Waals surface area contributed by atoms with E-state index in [1.807, 2.05) is 18.2 Å². The van der Waals surface area contributed by atoms with Crippen LogP contribution in [0.4, 0.5) is 11.5 Å². The maximum absolute atomic E-state index is 11.2. The summed E-state index contributed by atoms with van der Waals surface area (Å²) in [6.07, 6.45) is 1.78. The number of benzene rings is 1. The van der Waals surface area contributed by atoms with Gasteiger partial charge in [0.15, 0.2) is 0 Å². The number of rotatable bonds is 3. The number of nitrogen functional groups attached to an aromatic ring is 1. The Labute approximate surface area is 127 Å². The van der Waals surface area contributed by atoms with Crippen molar-refractivity contribution in [2.75, 3.05) is 11.1 Å². The number of anilines is 2. The third-order valence-electron chi connectivity index (χ3n) is 3.37. The lowest BCUT2D eigenvalue weighted by Crippen LogP contribution is -2.05. The predicted octanol–water partition coefficient (Wildman–Crippen LogP) is 2.03. The fourth-order valence-corrected chi connectivity index (χ4v) is 2.36. The van der Waals surface area contributed by atoms with Crippen molar-refractivity contribution in [3.8, 4) is 11.3 Å². The highest BCUT2D eigenvalue weighted by molar-refractivity contribution is 5.90. The van der Waals surface area contributed by atoms with E-state index in [2.05, 4.69) is 10.3 Å². The molecular formula is C16H16N4O2. The predicted molar refractivity (Wildman–Crippen MR) is 85.3 cm³/mol. The second-order valence-electron chi connectivity index (χ2n) is 5.03. The molecule has 112 valence electrons. The minimum atomic E-state index is -0.132. The van der Waals surface area contributed by atoms with Gasteiger partial charge in [-0.05, 0) is 29.8 Å². The van der Waals surface area contributed by atoms with Crippen molar-refractivity contribution >= 4 is 23.1 Å². The highest BCUT2D eigenvalue weighted by Gasteiger charge is 2.12. The molecule has 1 aromatic carbocycles. The number of carbonyl (C=O) groups excluding carboxylic acids is 1. The van der Waals surface area contributed by atoms with Crippen molar-refractivity contribution in [2.24, 2.45) is 0 Å². The molecule has 0 bridgehead atoms. The van der Waals surface area contributed by atoms with Crippen LogP contribution in [0.25, 0.3) is 16.9 Å². The monoisotopic (exact) mass is 296 g/mol. The summed E-state index contributed by atoms with van der Waals surface area (Å²) in [4.78, 5) is 15.7. The fourth-order valence-electron chi connectivity index (χ4n) is 2.36. The SMILES string of the molecule is CC(=O)Nc1cccc(-c2nc3cc(CO)ccn3c2N)c1. The van der Waals surface area contributed by atoms with Crippen molar-refractivity contribution in [1.82, 2.24) is 9.38 Å². The average molecular weight is 296 g/mol. The molecule has 2 heterocycles. The van der Waals surface area contributed by atoms with E-state index in [0.29, 0.717) is 22.8 Å². The molecule has 0 aliphatic carbocycles. The molecule has 1 amide bonds. The second kappa shape index (κ2) is 5.50. The lowest BCUT2D eigenvalue weighted by atomic mass is 10.1. The molecule has 3 aromatic rings. The van der Waals surface area contributed by atoms with Crippen LogP contribution >= 0.6 is 0 Å². The average Bonchev–Trinajstić information content (AvgIpc) is 2.83. The quantitative estimate of drug-likeness (QED) is 0.689. The number of aliphatic hydroxyl groups excluding tert-OH is 1. The van der Waals surface area contributed by atoms with Gasteiger partial charge in [-0.1, -0.05) is 12.1 Å². The van der Waals surface area contributed by atoms with Gasteiger partial charge in [0.25, 0.3) is 0 Å². The molecule has 0 aliphatic heterocycles. The Hall–Kier alpha value is -2.86. The van der Waals surface area contributed by atoms with Crippen molar-refractivity contribution in [3.05, 3.63) is 48.2 Å². The van der Waals surface area contributed by atoms with Gasteiger partial charge in [-0.25, -0.2) is 4.98 Å². The molecule has 2 aromatic heterocycles. The first-order valence-corrected chi connectivity index (χ1v) is 6.84. The van der Waals surface area contributed by atoms with Gasteiger partial charge in [0.05, 0.1) is 6.61 Å². The summed E-state index contributed by atoms with van der Waals surface area (Å²) in [5, 5.41) is 11.9. The Morgan fingerprint density at radius 3 is 2.91 bits per heavy atom. The molecule has 0 unspecified atom stereocenters. The molecule has 0 atom stereocenters. The summed E-state index contributed by atoms with van der Waals surface area (Å²) in [5.41, 5.74) is 9.76. The van der Waals surface area contributed by atoms with Crippen molar-refractivity contribution < 1.29 is 9.90 Å². The summed E-state index contributed by atoms with van der Waals surface area (Å²) in [6.45, 7) is 1.42. The molecule has 0 radical (unpaired) electrons. The van der Waals surface area contributed by atoms with Crippen LogP contribution in [-0.2, 0) is 11.4 Å². The molecular weight excluding hydrogens is 280 g/mol. The van der Waals surface area contributed by atoms with Crippen LogP contribution in [0.1, 0.15) is 12.5 Å². The standard InChI is InChI=1S/C16H16N4O2/c1-10(22)18-13-4-2-3-12(8-13)15-16(17)20-6-5-11(9-21)7-14(20)19-15/h2-8,21H,9,17H2,1H3,(H,18,22). The first-order chi connectivity index (χ1) is 10.6. The Morgan fingerprint density at radius 1 is 1.36 bits per heavy atom. The molecule has 22 heavy (non-hydrogen) atoms. The Bertz CT molecular complexity index is 854. The molecule has 0 spiro atoms. The summed E-state index contributed by atoms with van der Waals surface area (Å²) in [7, 11) is 0. The second-order valence-corrected chi connectivity index (χ2v) is 5.03. The smallest absolute Gasteiger partial charge is 0.221 e. The maximum Gasteiger partial charge on any atom is 0.221 e. The van der Waals surface area contributed by atoms with Crippen LogP contribution in [0.3, 0.4) is 0 Å². The topological polar surface area (TPSA) is 92.6 Å². The zero-order valence-electron chi connectivity index (χ0n) is 12.1. The lowest BCUT2D eigenvalue weighted by Gasteiger charge is -2.04. The molecule has 3 rings (SSSR count). The zero-order valence-corrected chi connectivity index (χ0v) is 12.1. The van der Waals surface area contributed by atoms with E-state index in [4.69, 9.17) is 5.73 Å². The van der Waals surface area contributed by atoms with Crippen molar-refractivity contribution in [2.45, 2.75) is 13.5 Å². The van der Waals surface area contributed by atoms with Gasteiger partial charge >= 0.3 is 0 Å². The number of aromatic nitrogens is 2. The number of carbonyl (C=O) groups is 1. The van der Waals surface area contributed by atoms with Gasteiger partial charge in [-0.2, -0.15) is 0 Å². The summed E-state index contributed by atoms with van der Waals surface area (Å²) < 4.78 is 1.76. The van der Waals surface area contributed by atoms with Gasteiger partial charge < -0.3 is 16.2 Å². The van der Waals surface area contributed by atoms with E-state index in [0.717, 1.165) is 11.1 Å². The number of nitrogens with zero attached hydrogens (tertiary/aromatic N) is 2. The van der Waals surface area contributed by atoms with E-state index in [1.165, 1.54) is 6.92 Å². The third-order valence-corrected chi connectivity index (χ3v) is 3.37. The number of nitrogens with two attached hydrogens (primary N) is 1. The minimum Gasteiger partial charge on any atom is -0.392 e. The molecule has 0 saturated carbocycles. The highest BCUT2D eigenvalue weighted by atomic mass is 16.3. The number of pyridine rings is 1. The van der Waals surface area contributed by atoms with Crippen molar-refractivity contribution in [3.63, 3.8) is 0 Å². The van der Waals surface area contributed by atoms with Gasteiger partial charge in [0.2, 0.25) is 5.91 Å². The Kier molecular flexibility index (Phi) is 3.52. The first kappa shape index (κ1) is 14.1. The molecule has 0 saturated heterocycles. The number of fused-ring (bicyclic) bond motifs is 1. The molecule has 6 nitrogen and oxygen atoms in total. The normalized spacial score (nSPS) is 10.8. The van der Waals surface area contributed by atoms with Gasteiger partial charge in [0, 0.05) is 24.4 Å². The third kappa shape index (κ3) is 2.51. The van der Waals surface area contributed by atoms with Crippen molar-refractivity contribution in [1.29, 1.82) is 0 Å². The van der Waals surface area contributed by atoms with E-state index >= 15 is 0 Å². The van der Waals surface area contributed by atoms with Crippen LogP contribution in [0.5, 0.6) is 0 Å². The number of amides is 1. The molecule has 0 aliphatic rings.